The van der Waals surface area contributed by atoms with E-state index < -0.39 is 0 Å². The van der Waals surface area contributed by atoms with Gasteiger partial charge < -0.3 is 13.7 Å². The van der Waals surface area contributed by atoms with E-state index in [1.165, 1.54) is 0 Å². The third-order valence-electron chi connectivity index (χ3n) is 6.35. The maximum absolute atomic E-state index is 6.41. The van der Waals surface area contributed by atoms with Gasteiger partial charge in [0.1, 0.15) is 11.5 Å². The molecule has 30 heavy (non-hydrogen) atoms. The van der Waals surface area contributed by atoms with E-state index in [1.807, 2.05) is 18.2 Å². The molecule has 1 saturated heterocycles. The summed E-state index contributed by atoms with van der Waals surface area (Å²) in [7, 11) is -0.364. The highest BCUT2D eigenvalue weighted by atomic mass is 16.7. The first-order valence-electron chi connectivity index (χ1n) is 10.4. The normalized spacial score (nSPS) is 17.5. The fourth-order valence-corrected chi connectivity index (χ4v) is 3.88. The molecule has 0 amide bonds. The van der Waals surface area contributed by atoms with Crippen LogP contribution in [0.5, 0.6) is 0 Å². The molecule has 1 fully saturated rings. The van der Waals surface area contributed by atoms with Crippen LogP contribution in [0.4, 0.5) is 0 Å². The molecular weight excluding hydrogens is 371 g/mol. The average Bonchev–Trinajstić information content (AvgIpc) is 3.23. The van der Waals surface area contributed by atoms with Crippen molar-refractivity contribution >= 4 is 23.4 Å². The lowest BCUT2D eigenvalue weighted by molar-refractivity contribution is 0.00578. The van der Waals surface area contributed by atoms with Crippen LogP contribution in [0.2, 0.25) is 0 Å². The van der Waals surface area contributed by atoms with Gasteiger partial charge in [0.05, 0.1) is 11.2 Å². The molecule has 5 rings (SSSR count). The van der Waals surface area contributed by atoms with Gasteiger partial charge in [-0.3, -0.25) is 0 Å². The number of fused-ring (bicyclic) bond motifs is 1. The zero-order chi connectivity index (χ0) is 20.9. The topological polar surface area (TPSA) is 31.6 Å². The number of hydrogen-bond acceptors (Lipinski definition) is 3. The summed E-state index contributed by atoms with van der Waals surface area (Å²) in [4.78, 5) is 0. The van der Waals surface area contributed by atoms with Crippen molar-refractivity contribution in [1.82, 2.24) is 0 Å². The van der Waals surface area contributed by atoms with E-state index in [1.54, 1.807) is 0 Å². The third kappa shape index (κ3) is 3.08. The van der Waals surface area contributed by atoms with Crippen molar-refractivity contribution < 1.29 is 13.7 Å². The average molecular weight is 396 g/mol. The highest BCUT2D eigenvalue weighted by molar-refractivity contribution is 6.62. The maximum atomic E-state index is 6.41. The summed E-state index contributed by atoms with van der Waals surface area (Å²) in [5.41, 5.74) is 2.43. The first-order valence-corrected chi connectivity index (χ1v) is 10.4. The van der Waals surface area contributed by atoms with Gasteiger partial charge in [-0.05, 0) is 33.2 Å². The van der Waals surface area contributed by atoms with E-state index in [0.717, 1.165) is 38.9 Å². The Bertz CT molecular complexity index is 1170. The molecule has 3 aromatic carbocycles. The van der Waals surface area contributed by atoms with E-state index in [0.29, 0.717) is 0 Å². The lowest BCUT2D eigenvalue weighted by Crippen LogP contribution is -2.41. The second kappa shape index (κ2) is 6.87. The predicted octanol–water partition coefficient (Wildman–Crippen LogP) is 6.07. The Labute approximate surface area is 177 Å². The third-order valence-corrected chi connectivity index (χ3v) is 6.35. The molecule has 0 radical (unpaired) electrons. The quantitative estimate of drug-likeness (QED) is 0.394. The highest BCUT2D eigenvalue weighted by Gasteiger charge is 2.51. The lowest BCUT2D eigenvalue weighted by atomic mass is 9.79. The SMILES string of the molecule is CC1(C)OB(c2ccc(-c3oc(-c4ccccc4)c4ccccc34)cc2)OC1(C)C. The van der Waals surface area contributed by atoms with Gasteiger partial charge in [-0.2, -0.15) is 0 Å². The van der Waals surface area contributed by atoms with E-state index in [2.05, 4.69) is 88.4 Å². The summed E-state index contributed by atoms with van der Waals surface area (Å²) >= 11 is 0. The Morgan fingerprint density at radius 3 is 1.57 bits per heavy atom. The summed E-state index contributed by atoms with van der Waals surface area (Å²) < 4.78 is 18.8. The Balaban J connectivity index is 1.53. The molecule has 1 aliphatic heterocycles. The molecule has 0 saturated carbocycles. The summed E-state index contributed by atoms with van der Waals surface area (Å²) in [6.07, 6.45) is 0. The summed E-state index contributed by atoms with van der Waals surface area (Å²) in [6.45, 7) is 8.28. The van der Waals surface area contributed by atoms with Crippen LogP contribution < -0.4 is 5.46 Å². The second-order valence-corrected chi connectivity index (χ2v) is 8.88. The highest BCUT2D eigenvalue weighted by Crippen LogP contribution is 2.39. The van der Waals surface area contributed by atoms with Crippen molar-refractivity contribution in [3.05, 3.63) is 78.9 Å². The molecule has 4 heteroatoms. The fourth-order valence-electron chi connectivity index (χ4n) is 3.88. The van der Waals surface area contributed by atoms with E-state index in [9.17, 15) is 0 Å². The second-order valence-electron chi connectivity index (χ2n) is 8.88. The van der Waals surface area contributed by atoms with E-state index in [-0.39, 0.29) is 18.3 Å². The monoisotopic (exact) mass is 396 g/mol. The van der Waals surface area contributed by atoms with Crippen molar-refractivity contribution in [3.8, 4) is 22.6 Å². The number of hydrogen-bond donors (Lipinski definition) is 0. The summed E-state index contributed by atoms with van der Waals surface area (Å²) in [5.74, 6) is 1.78. The minimum atomic E-state index is -0.364. The number of rotatable bonds is 3. The van der Waals surface area contributed by atoms with Crippen LogP contribution in [0.3, 0.4) is 0 Å². The molecule has 0 bridgehead atoms. The van der Waals surface area contributed by atoms with Crippen molar-refractivity contribution in [2.75, 3.05) is 0 Å². The Morgan fingerprint density at radius 1 is 0.567 bits per heavy atom. The van der Waals surface area contributed by atoms with Gasteiger partial charge in [-0.15, -0.1) is 0 Å². The molecule has 150 valence electrons. The Morgan fingerprint density at radius 2 is 1.03 bits per heavy atom. The smallest absolute Gasteiger partial charge is 0.455 e. The van der Waals surface area contributed by atoms with Crippen LogP contribution in [0.1, 0.15) is 27.7 Å². The molecule has 1 aliphatic rings. The summed E-state index contributed by atoms with van der Waals surface area (Å²) in [6, 6.07) is 26.9. The molecule has 2 heterocycles. The number of benzene rings is 3. The van der Waals surface area contributed by atoms with Crippen LogP contribution in [-0.2, 0) is 9.31 Å². The summed E-state index contributed by atoms with van der Waals surface area (Å²) in [5, 5.41) is 2.23. The van der Waals surface area contributed by atoms with Crippen LogP contribution >= 0.6 is 0 Å². The Hall–Kier alpha value is -2.82. The van der Waals surface area contributed by atoms with Gasteiger partial charge in [0.2, 0.25) is 0 Å². The first-order chi connectivity index (χ1) is 14.4. The van der Waals surface area contributed by atoms with Gasteiger partial charge in [-0.25, -0.2) is 0 Å². The largest absolute Gasteiger partial charge is 0.494 e. The van der Waals surface area contributed by atoms with Crippen LogP contribution in [0, 0.1) is 0 Å². The zero-order valence-electron chi connectivity index (χ0n) is 17.8. The molecule has 1 aromatic heterocycles. The van der Waals surface area contributed by atoms with Gasteiger partial charge >= 0.3 is 7.12 Å². The zero-order valence-corrected chi connectivity index (χ0v) is 17.8. The van der Waals surface area contributed by atoms with Gasteiger partial charge in [0.25, 0.3) is 0 Å². The number of furan rings is 1. The van der Waals surface area contributed by atoms with Crippen LogP contribution in [-0.4, -0.2) is 18.3 Å². The molecule has 0 spiro atoms. The van der Waals surface area contributed by atoms with Crippen molar-refractivity contribution in [3.63, 3.8) is 0 Å². The molecule has 0 unspecified atom stereocenters. The minimum Gasteiger partial charge on any atom is -0.455 e. The molecule has 0 atom stereocenters. The molecule has 4 aromatic rings. The van der Waals surface area contributed by atoms with Gasteiger partial charge in [0, 0.05) is 21.9 Å². The minimum absolute atomic E-state index is 0.349. The fraction of sp³-hybridized carbons (Fsp3) is 0.231. The van der Waals surface area contributed by atoms with Crippen molar-refractivity contribution in [1.29, 1.82) is 0 Å². The van der Waals surface area contributed by atoms with Crippen LogP contribution in [0.15, 0.2) is 83.3 Å². The predicted molar refractivity (Wildman–Crippen MR) is 123 cm³/mol. The molecule has 3 nitrogen and oxygen atoms in total. The molecular formula is C26H25BO3. The van der Waals surface area contributed by atoms with Crippen molar-refractivity contribution in [2.45, 2.75) is 38.9 Å². The van der Waals surface area contributed by atoms with Crippen LogP contribution in [0.25, 0.3) is 33.4 Å². The van der Waals surface area contributed by atoms with Gasteiger partial charge in [-0.1, -0.05) is 78.9 Å². The standard InChI is InChI=1S/C26H25BO3/c1-25(2)26(3,4)30-27(29-25)20-16-14-19(15-17-20)24-22-13-9-8-12-21(22)23(28-24)18-10-6-5-7-11-18/h5-17H,1-4H3. The van der Waals surface area contributed by atoms with E-state index >= 15 is 0 Å². The lowest BCUT2D eigenvalue weighted by Gasteiger charge is -2.32. The molecule has 0 N–H and O–H groups in total. The van der Waals surface area contributed by atoms with Crippen molar-refractivity contribution in [2.24, 2.45) is 0 Å². The maximum Gasteiger partial charge on any atom is 0.494 e. The molecule has 0 aliphatic carbocycles. The Kier molecular flexibility index (Phi) is 4.39. The van der Waals surface area contributed by atoms with Gasteiger partial charge in [0.15, 0.2) is 0 Å². The van der Waals surface area contributed by atoms with E-state index in [4.69, 9.17) is 13.7 Å². The first kappa shape index (κ1) is 19.2.